The Morgan fingerprint density at radius 1 is 1.35 bits per heavy atom. The number of aliphatic hydroxyl groups excluding tert-OH is 1. The zero-order chi connectivity index (χ0) is 14.5. The molecule has 0 radical (unpaired) electrons. The number of nitrogens with zero attached hydrogens (tertiary/aromatic N) is 1. The first kappa shape index (κ1) is 15.2. The molecule has 0 bridgehead atoms. The van der Waals surface area contributed by atoms with Crippen molar-refractivity contribution in [1.29, 1.82) is 0 Å². The molecule has 2 aromatic rings. The molecule has 1 aromatic carbocycles. The van der Waals surface area contributed by atoms with Crippen molar-refractivity contribution in [3.8, 4) is 5.75 Å². The van der Waals surface area contributed by atoms with Gasteiger partial charge < -0.3 is 9.84 Å². The summed E-state index contributed by atoms with van der Waals surface area (Å²) in [5.41, 5.74) is 1.28. The summed E-state index contributed by atoms with van der Waals surface area (Å²) in [4.78, 5) is 4.07. The molecule has 0 fully saturated rings. The molecule has 1 unspecified atom stereocenters. The predicted molar refractivity (Wildman–Crippen MR) is 83.2 cm³/mol. The van der Waals surface area contributed by atoms with E-state index in [-0.39, 0.29) is 5.82 Å². The summed E-state index contributed by atoms with van der Waals surface area (Å²) in [7, 11) is 0. The van der Waals surface area contributed by atoms with Gasteiger partial charge in [0.05, 0.1) is 12.8 Å². The fraction of sp³-hybridized carbons (Fsp3) is 0.267. The number of aromatic nitrogens is 1. The van der Waals surface area contributed by atoms with E-state index in [0.717, 1.165) is 6.42 Å². The molecule has 106 valence electrons. The Morgan fingerprint density at radius 2 is 2.15 bits per heavy atom. The van der Waals surface area contributed by atoms with Crippen LogP contribution in [0.5, 0.6) is 5.75 Å². The van der Waals surface area contributed by atoms with Crippen molar-refractivity contribution in [3.63, 3.8) is 0 Å². The number of hydrogen-bond acceptors (Lipinski definition) is 3. The maximum Gasteiger partial charge on any atom is 0.137 e. The minimum atomic E-state index is -0.847. The number of pyridine rings is 1. The lowest BCUT2D eigenvalue weighted by atomic mass is 10.0. The van der Waals surface area contributed by atoms with E-state index in [1.807, 2.05) is 29.5 Å². The highest BCUT2D eigenvalue weighted by Crippen LogP contribution is 2.28. The van der Waals surface area contributed by atoms with Crippen LogP contribution in [0.4, 0.5) is 4.39 Å². The van der Waals surface area contributed by atoms with E-state index < -0.39 is 6.10 Å². The number of hydrogen-bond donors (Lipinski definition) is 1. The van der Waals surface area contributed by atoms with Gasteiger partial charge in [0, 0.05) is 15.3 Å². The van der Waals surface area contributed by atoms with Crippen LogP contribution in [0, 0.1) is 9.39 Å². The van der Waals surface area contributed by atoms with Crippen molar-refractivity contribution >= 4 is 22.6 Å². The Balaban J connectivity index is 2.26. The van der Waals surface area contributed by atoms with Crippen LogP contribution in [0.1, 0.15) is 30.6 Å². The standard InChI is InChI=1S/C15H15FINO2/c1-2-5-20-12-6-10(8-18-9-12)15(19)13-4-3-11(16)7-14(13)17/h3-4,6-9,15,19H,2,5H2,1H3. The maximum atomic E-state index is 13.1. The van der Waals surface area contributed by atoms with Gasteiger partial charge in [-0.2, -0.15) is 0 Å². The van der Waals surface area contributed by atoms with Crippen LogP contribution in [0.2, 0.25) is 0 Å². The van der Waals surface area contributed by atoms with Gasteiger partial charge in [-0.25, -0.2) is 4.39 Å². The van der Waals surface area contributed by atoms with Crippen LogP contribution in [0.25, 0.3) is 0 Å². The van der Waals surface area contributed by atoms with Gasteiger partial charge >= 0.3 is 0 Å². The summed E-state index contributed by atoms with van der Waals surface area (Å²) < 4.78 is 19.3. The molecule has 0 spiro atoms. The summed E-state index contributed by atoms with van der Waals surface area (Å²) in [6.07, 6.45) is 3.26. The molecule has 1 atom stereocenters. The zero-order valence-electron chi connectivity index (χ0n) is 11.0. The van der Waals surface area contributed by atoms with E-state index in [2.05, 4.69) is 4.98 Å². The molecule has 0 aliphatic rings. The van der Waals surface area contributed by atoms with Crippen LogP contribution >= 0.6 is 22.6 Å². The van der Waals surface area contributed by atoms with Crippen molar-refractivity contribution in [2.24, 2.45) is 0 Å². The number of rotatable bonds is 5. The Bertz CT molecular complexity index is 592. The van der Waals surface area contributed by atoms with Gasteiger partial charge in [-0.3, -0.25) is 4.98 Å². The first-order chi connectivity index (χ1) is 9.61. The van der Waals surface area contributed by atoms with E-state index in [4.69, 9.17) is 4.74 Å². The van der Waals surface area contributed by atoms with Crippen LogP contribution < -0.4 is 4.74 Å². The smallest absolute Gasteiger partial charge is 0.137 e. The first-order valence-corrected chi connectivity index (χ1v) is 7.40. The third kappa shape index (κ3) is 3.67. The quantitative estimate of drug-likeness (QED) is 0.796. The molecular weight excluding hydrogens is 372 g/mol. The second-order valence-electron chi connectivity index (χ2n) is 4.37. The lowest BCUT2D eigenvalue weighted by Gasteiger charge is -2.14. The van der Waals surface area contributed by atoms with Gasteiger partial charge in [0.25, 0.3) is 0 Å². The average molecular weight is 387 g/mol. The SMILES string of the molecule is CCCOc1cncc(C(O)c2ccc(F)cc2I)c1. The monoisotopic (exact) mass is 387 g/mol. The van der Waals surface area contributed by atoms with E-state index >= 15 is 0 Å². The van der Waals surface area contributed by atoms with Gasteiger partial charge in [-0.15, -0.1) is 0 Å². The number of benzene rings is 1. The molecule has 0 amide bonds. The van der Waals surface area contributed by atoms with Gasteiger partial charge in [-0.05, 0) is 52.8 Å². The first-order valence-electron chi connectivity index (χ1n) is 6.32. The molecule has 0 saturated heterocycles. The van der Waals surface area contributed by atoms with E-state index in [1.165, 1.54) is 12.1 Å². The van der Waals surface area contributed by atoms with Crippen molar-refractivity contribution in [3.05, 3.63) is 57.2 Å². The molecule has 0 aliphatic heterocycles. The van der Waals surface area contributed by atoms with Crippen LogP contribution in [0.3, 0.4) is 0 Å². The third-order valence-electron chi connectivity index (χ3n) is 2.78. The van der Waals surface area contributed by atoms with E-state index in [9.17, 15) is 9.50 Å². The van der Waals surface area contributed by atoms with Crippen molar-refractivity contribution in [2.45, 2.75) is 19.4 Å². The van der Waals surface area contributed by atoms with Crippen LogP contribution in [0.15, 0.2) is 36.7 Å². The third-order valence-corrected chi connectivity index (χ3v) is 3.71. The highest BCUT2D eigenvalue weighted by molar-refractivity contribution is 14.1. The summed E-state index contributed by atoms with van der Waals surface area (Å²) in [5, 5.41) is 10.4. The summed E-state index contributed by atoms with van der Waals surface area (Å²) >= 11 is 2.01. The van der Waals surface area contributed by atoms with Crippen molar-refractivity contribution in [1.82, 2.24) is 4.98 Å². The summed E-state index contributed by atoms with van der Waals surface area (Å²) in [5.74, 6) is 0.309. The predicted octanol–water partition coefficient (Wildman–Crippen LogP) is 3.70. The average Bonchev–Trinajstić information content (AvgIpc) is 2.45. The Kier molecular flexibility index (Phi) is 5.31. The van der Waals surface area contributed by atoms with Crippen molar-refractivity contribution in [2.75, 3.05) is 6.61 Å². The van der Waals surface area contributed by atoms with Gasteiger partial charge in [0.15, 0.2) is 0 Å². The minimum Gasteiger partial charge on any atom is -0.492 e. The summed E-state index contributed by atoms with van der Waals surface area (Å²) in [6, 6.07) is 6.07. The van der Waals surface area contributed by atoms with E-state index in [0.29, 0.717) is 27.1 Å². The number of aliphatic hydroxyl groups is 1. The molecular formula is C15H15FINO2. The lowest BCUT2D eigenvalue weighted by molar-refractivity contribution is 0.217. The molecule has 20 heavy (non-hydrogen) atoms. The number of ether oxygens (including phenoxy) is 1. The highest BCUT2D eigenvalue weighted by Gasteiger charge is 2.15. The second-order valence-corrected chi connectivity index (χ2v) is 5.53. The van der Waals surface area contributed by atoms with Crippen molar-refractivity contribution < 1.29 is 14.2 Å². The largest absolute Gasteiger partial charge is 0.492 e. The lowest BCUT2D eigenvalue weighted by Crippen LogP contribution is -2.04. The molecule has 1 heterocycles. The second kappa shape index (κ2) is 6.99. The maximum absolute atomic E-state index is 13.1. The summed E-state index contributed by atoms with van der Waals surface area (Å²) in [6.45, 7) is 2.63. The molecule has 5 heteroatoms. The topological polar surface area (TPSA) is 42.4 Å². The van der Waals surface area contributed by atoms with Gasteiger partial charge in [-0.1, -0.05) is 13.0 Å². The fourth-order valence-corrected chi connectivity index (χ4v) is 2.56. The minimum absolute atomic E-state index is 0.316. The molecule has 0 saturated carbocycles. The van der Waals surface area contributed by atoms with E-state index in [1.54, 1.807) is 24.5 Å². The van der Waals surface area contributed by atoms with Crippen LogP contribution in [-0.4, -0.2) is 16.7 Å². The molecule has 0 aliphatic carbocycles. The zero-order valence-corrected chi connectivity index (χ0v) is 13.2. The van der Waals surface area contributed by atoms with Gasteiger partial charge in [0.2, 0.25) is 0 Å². The fourth-order valence-electron chi connectivity index (χ4n) is 1.79. The molecule has 2 rings (SSSR count). The highest BCUT2D eigenvalue weighted by atomic mass is 127. The Morgan fingerprint density at radius 3 is 2.85 bits per heavy atom. The molecule has 1 aromatic heterocycles. The van der Waals surface area contributed by atoms with Gasteiger partial charge in [0.1, 0.15) is 17.7 Å². The number of halogens is 2. The molecule has 3 nitrogen and oxygen atoms in total. The van der Waals surface area contributed by atoms with Crippen LogP contribution in [-0.2, 0) is 0 Å². The normalized spacial score (nSPS) is 12.2. The Hall–Kier alpha value is -1.21. The Labute approximate surface area is 131 Å². The molecule has 1 N–H and O–H groups in total.